The van der Waals surface area contributed by atoms with Gasteiger partial charge in [-0.2, -0.15) is 0 Å². The maximum Gasteiger partial charge on any atom is 0.472 e. The van der Waals surface area contributed by atoms with Crippen molar-refractivity contribution in [2.45, 2.75) is 407 Å². The van der Waals surface area contributed by atoms with E-state index in [1.807, 2.05) is 6.08 Å². The lowest BCUT2D eigenvalue weighted by Crippen LogP contribution is -2.69. The Morgan fingerprint density at radius 2 is 0.770 bits per heavy atom. The number of esters is 3. The van der Waals surface area contributed by atoms with Crippen molar-refractivity contribution in [1.82, 2.24) is 0 Å². The fraction of sp³-hybridized carbons (Fsp3) is 0.907. The van der Waals surface area contributed by atoms with E-state index in [4.69, 9.17) is 42.2 Å². The van der Waals surface area contributed by atoms with Gasteiger partial charge in [0.25, 0.3) is 0 Å². The maximum atomic E-state index is 14.3. The summed E-state index contributed by atoms with van der Waals surface area (Å²) >= 11 is 0. The molecule has 18 unspecified atom stereocenters. The lowest BCUT2D eigenvalue weighted by atomic mass is 9.84. The molecule has 1 aliphatic carbocycles. The van der Waals surface area contributed by atoms with Crippen LogP contribution in [0.4, 0.5) is 0 Å². The zero-order valence-corrected chi connectivity index (χ0v) is 62.1. The summed E-state index contributed by atoms with van der Waals surface area (Å²) in [5.41, 5.74) is 0. The molecular formula is C75H137O24P. The van der Waals surface area contributed by atoms with Crippen LogP contribution in [0.1, 0.15) is 303 Å². The molecule has 2 saturated heterocycles. The number of ether oxygens (including phenoxy) is 7. The number of allylic oxidation sites excluding steroid dienone is 3. The van der Waals surface area contributed by atoms with Gasteiger partial charge >= 0.3 is 25.7 Å². The zero-order chi connectivity index (χ0) is 73.2. The summed E-state index contributed by atoms with van der Waals surface area (Å²) in [6.45, 7) is 3.39. The number of aliphatic hydroxyl groups excluding tert-OH is 10. The van der Waals surface area contributed by atoms with Gasteiger partial charge in [-0.3, -0.25) is 18.6 Å². The Morgan fingerprint density at radius 1 is 0.410 bits per heavy atom. The van der Waals surface area contributed by atoms with Crippen LogP contribution in [-0.2, 0) is 61.2 Å². The molecule has 11 N–H and O–H groups in total. The average molecular weight is 1450 g/mol. The van der Waals surface area contributed by atoms with Crippen molar-refractivity contribution in [3.8, 4) is 0 Å². The normalized spacial score (nSPS) is 27.4. The van der Waals surface area contributed by atoms with Gasteiger partial charge in [0.15, 0.2) is 18.7 Å². The smallest absolute Gasteiger partial charge is 0.462 e. The van der Waals surface area contributed by atoms with Crippen LogP contribution in [0.2, 0.25) is 0 Å². The van der Waals surface area contributed by atoms with E-state index in [0.29, 0.717) is 12.8 Å². The van der Waals surface area contributed by atoms with Crippen molar-refractivity contribution in [1.29, 1.82) is 0 Å². The van der Waals surface area contributed by atoms with Gasteiger partial charge in [-0.15, -0.1) is 0 Å². The molecule has 3 rings (SSSR count). The van der Waals surface area contributed by atoms with Crippen molar-refractivity contribution in [2.24, 2.45) is 0 Å². The molecule has 1 saturated carbocycles. The Labute approximate surface area is 598 Å². The van der Waals surface area contributed by atoms with Crippen LogP contribution < -0.4 is 0 Å². The Balaban J connectivity index is 1.73. The van der Waals surface area contributed by atoms with Crippen LogP contribution in [0.15, 0.2) is 24.3 Å². The van der Waals surface area contributed by atoms with E-state index >= 15 is 0 Å². The quantitative estimate of drug-likeness (QED) is 0.00673. The highest BCUT2D eigenvalue weighted by molar-refractivity contribution is 7.47. The first-order valence-electron chi connectivity index (χ1n) is 39.2. The van der Waals surface area contributed by atoms with Gasteiger partial charge in [0, 0.05) is 18.9 Å². The molecule has 3 aliphatic rings. The number of hydrogen-bond acceptors (Lipinski definition) is 23. The van der Waals surface area contributed by atoms with E-state index in [1.54, 1.807) is 6.08 Å². The molecule has 100 heavy (non-hydrogen) atoms. The number of carbonyl (C=O) groups is 3. The maximum absolute atomic E-state index is 14.3. The number of phosphoric acid groups is 1. The van der Waals surface area contributed by atoms with E-state index < -0.39 is 156 Å². The van der Waals surface area contributed by atoms with Crippen LogP contribution in [0.3, 0.4) is 0 Å². The summed E-state index contributed by atoms with van der Waals surface area (Å²) in [5, 5.41) is 110. The Kier molecular flexibility index (Phi) is 52.0. The number of aliphatic hydroxyl groups is 10. The molecule has 0 bridgehead atoms. The number of rotatable bonds is 61. The lowest BCUT2D eigenvalue weighted by Gasteiger charge is -2.49. The van der Waals surface area contributed by atoms with Crippen molar-refractivity contribution in [2.75, 3.05) is 26.4 Å². The van der Waals surface area contributed by atoms with Gasteiger partial charge in [0.05, 0.1) is 13.2 Å². The Morgan fingerprint density at radius 3 is 1.18 bits per heavy atom. The third-order valence-electron chi connectivity index (χ3n) is 19.3. The third kappa shape index (κ3) is 39.2. The van der Waals surface area contributed by atoms with Gasteiger partial charge in [-0.1, -0.05) is 283 Å². The van der Waals surface area contributed by atoms with E-state index in [9.17, 15) is 74.9 Å². The van der Waals surface area contributed by atoms with E-state index in [1.165, 1.54) is 179 Å². The van der Waals surface area contributed by atoms with Gasteiger partial charge in [-0.05, 0) is 25.7 Å². The van der Waals surface area contributed by atoms with Crippen LogP contribution >= 0.6 is 7.82 Å². The number of carbonyl (C=O) groups excluding carboxylic acids is 3. The van der Waals surface area contributed by atoms with Crippen LogP contribution in [-0.4, -0.2) is 204 Å². The summed E-state index contributed by atoms with van der Waals surface area (Å²) in [5.74, 6) is -2.21. The zero-order valence-electron chi connectivity index (χ0n) is 61.2. The highest BCUT2D eigenvalue weighted by Crippen LogP contribution is 2.49. The van der Waals surface area contributed by atoms with Crippen LogP contribution in [0.25, 0.3) is 0 Å². The second-order valence-corrected chi connectivity index (χ2v) is 29.6. The van der Waals surface area contributed by atoms with Crippen molar-refractivity contribution in [3.05, 3.63) is 24.3 Å². The summed E-state index contributed by atoms with van der Waals surface area (Å²) in [6.07, 6.45) is 18.6. The summed E-state index contributed by atoms with van der Waals surface area (Å²) in [6, 6.07) is 0. The van der Waals surface area contributed by atoms with E-state index in [-0.39, 0.29) is 12.8 Å². The molecule has 0 aromatic carbocycles. The van der Waals surface area contributed by atoms with Gasteiger partial charge in [0.2, 0.25) is 0 Å². The Bertz CT molecular complexity index is 2160. The van der Waals surface area contributed by atoms with Gasteiger partial charge in [0.1, 0.15) is 98.7 Å². The molecule has 3 fully saturated rings. The highest BCUT2D eigenvalue weighted by Gasteiger charge is 2.58. The topological polar surface area (TPSA) is 374 Å². The second kappa shape index (κ2) is 56.7. The predicted octanol–water partition coefficient (Wildman–Crippen LogP) is 11.3. The molecule has 586 valence electrons. The third-order valence-corrected chi connectivity index (χ3v) is 20.3. The SMILES string of the molecule is CCCCCCCCCCCCC/C=C/C=C/C(=O)OCC1OC(OC2C(O)C(O)C(O)C(OC3OC(CO)C(O)C(O)C3O)C2OP(=O)(O)OCC(COC(=O)CCCCCCCCCCCCCCCCC)OC(=O)CCCCCCCCCCCCCCCCC)C(O)C(O)C1O. The molecule has 0 amide bonds. The molecule has 2 aliphatic heterocycles. The fourth-order valence-electron chi connectivity index (χ4n) is 13.0. The van der Waals surface area contributed by atoms with Crippen molar-refractivity contribution >= 4 is 25.7 Å². The standard InChI is InChI=1S/C75H137O24P/c1-4-7-10-13-16-19-22-25-28-31-34-37-40-43-46-49-59(77)91-53-56(94-61(79)51-48-45-42-39-36-33-30-27-24-21-18-15-12-9-6-3)54-93-100(89,90)99-73-71(97-74-69(87)64(82)62(80)57(52-76)95-74)67(85)66(84)68(86)72(73)98-75-70(88)65(83)63(81)58(96-75)55-92-60(78)50-47-44-41-38-35-32-29-26-23-20-17-14-11-8-5-2/h41,44,47,50,56-58,62-76,80-88H,4-40,42-43,45-46,48-49,51-55H2,1-3H3,(H,89,90)/b44-41+,50-47+. The van der Waals surface area contributed by atoms with E-state index in [2.05, 4.69) is 20.8 Å². The molecular weight excluding hydrogens is 1320 g/mol. The molecule has 24 nitrogen and oxygen atoms in total. The average Bonchev–Trinajstić information content (AvgIpc) is 0.762. The van der Waals surface area contributed by atoms with Gasteiger partial charge in [-0.25, -0.2) is 9.36 Å². The molecule has 0 aromatic heterocycles. The van der Waals surface area contributed by atoms with Crippen molar-refractivity contribution in [3.63, 3.8) is 0 Å². The predicted molar refractivity (Wildman–Crippen MR) is 379 cm³/mol. The summed E-state index contributed by atoms with van der Waals surface area (Å²) in [4.78, 5) is 51.0. The van der Waals surface area contributed by atoms with Crippen molar-refractivity contribution < 1.29 is 117 Å². The fourth-order valence-corrected chi connectivity index (χ4v) is 13.9. The first-order valence-corrected chi connectivity index (χ1v) is 40.7. The second-order valence-electron chi connectivity index (χ2n) is 28.2. The number of unbranched alkanes of at least 4 members (excludes halogenated alkanes) is 39. The van der Waals surface area contributed by atoms with Gasteiger partial charge < -0.3 is 89.1 Å². The minimum absolute atomic E-state index is 0.0381. The first-order chi connectivity index (χ1) is 48.3. The molecule has 2 heterocycles. The van der Waals surface area contributed by atoms with Crippen LogP contribution in [0, 0.1) is 0 Å². The first kappa shape index (κ1) is 91.6. The minimum Gasteiger partial charge on any atom is -0.462 e. The molecule has 0 spiro atoms. The van der Waals surface area contributed by atoms with Crippen LogP contribution in [0.5, 0.6) is 0 Å². The molecule has 18 atom stereocenters. The monoisotopic (exact) mass is 1450 g/mol. The summed E-state index contributed by atoms with van der Waals surface area (Å²) < 4.78 is 64.9. The molecule has 0 radical (unpaired) electrons. The highest BCUT2D eigenvalue weighted by atomic mass is 31.2. The number of phosphoric ester groups is 1. The minimum atomic E-state index is -5.70. The largest absolute Gasteiger partial charge is 0.472 e. The summed E-state index contributed by atoms with van der Waals surface area (Å²) in [7, 11) is -5.70. The lowest BCUT2D eigenvalue weighted by molar-refractivity contribution is -0.360. The Hall–Kier alpha value is -2.56. The molecule has 0 aromatic rings. The number of hydrogen-bond donors (Lipinski definition) is 11. The molecule has 25 heteroatoms. The van der Waals surface area contributed by atoms with E-state index in [0.717, 1.165) is 89.5 Å².